The van der Waals surface area contributed by atoms with Gasteiger partial charge in [0.15, 0.2) is 0 Å². The van der Waals surface area contributed by atoms with E-state index in [1.165, 1.54) is 0 Å². The number of carbonyl (C=O) groups is 1. The number of benzene rings is 1. The SMILES string of the molecule is CC(C)(O)[C@H]1CC[C@H](NC(=O)[C@H]2C[C@H](Oc3cccc4cccnc34)C2)CO1. The smallest absolute Gasteiger partial charge is 0.223 e. The van der Waals surface area contributed by atoms with Crippen molar-refractivity contribution in [2.45, 2.75) is 63.4 Å². The van der Waals surface area contributed by atoms with Gasteiger partial charge in [0.25, 0.3) is 0 Å². The summed E-state index contributed by atoms with van der Waals surface area (Å²) >= 11 is 0. The first-order chi connectivity index (χ1) is 13.4. The van der Waals surface area contributed by atoms with E-state index in [0.717, 1.165) is 42.3 Å². The highest BCUT2D eigenvalue weighted by Crippen LogP contribution is 2.34. The van der Waals surface area contributed by atoms with E-state index in [4.69, 9.17) is 9.47 Å². The quantitative estimate of drug-likeness (QED) is 0.829. The van der Waals surface area contributed by atoms with Gasteiger partial charge in [0, 0.05) is 17.5 Å². The number of aromatic nitrogens is 1. The molecule has 1 aromatic heterocycles. The topological polar surface area (TPSA) is 80.7 Å². The fraction of sp³-hybridized carbons (Fsp3) is 0.545. The number of para-hydroxylation sites is 1. The van der Waals surface area contributed by atoms with Crippen LogP contribution in [0.15, 0.2) is 36.5 Å². The van der Waals surface area contributed by atoms with Crippen molar-refractivity contribution in [3.63, 3.8) is 0 Å². The maximum Gasteiger partial charge on any atom is 0.223 e. The van der Waals surface area contributed by atoms with Crippen LogP contribution in [0.1, 0.15) is 39.5 Å². The Balaban J connectivity index is 1.25. The zero-order chi connectivity index (χ0) is 19.7. The summed E-state index contributed by atoms with van der Waals surface area (Å²) in [5.74, 6) is 0.839. The molecule has 1 saturated carbocycles. The monoisotopic (exact) mass is 384 g/mol. The van der Waals surface area contributed by atoms with Crippen molar-refractivity contribution in [1.29, 1.82) is 0 Å². The number of nitrogens with one attached hydrogen (secondary N) is 1. The first kappa shape index (κ1) is 19.2. The molecule has 2 heterocycles. The minimum Gasteiger partial charge on any atom is -0.488 e. The molecule has 1 aromatic carbocycles. The molecule has 2 aromatic rings. The van der Waals surface area contributed by atoms with Gasteiger partial charge < -0.3 is 19.9 Å². The van der Waals surface area contributed by atoms with Crippen molar-refractivity contribution in [1.82, 2.24) is 10.3 Å². The molecule has 1 amide bonds. The second-order valence-corrected chi connectivity index (χ2v) is 8.50. The van der Waals surface area contributed by atoms with E-state index in [0.29, 0.717) is 6.61 Å². The summed E-state index contributed by atoms with van der Waals surface area (Å²) in [6.45, 7) is 3.97. The Kier molecular flexibility index (Phi) is 5.25. The highest BCUT2D eigenvalue weighted by Gasteiger charge is 2.38. The Hall–Kier alpha value is -2.18. The molecule has 0 spiro atoms. The molecule has 1 aliphatic heterocycles. The summed E-state index contributed by atoms with van der Waals surface area (Å²) in [4.78, 5) is 16.9. The van der Waals surface area contributed by atoms with Crippen LogP contribution in [0.25, 0.3) is 10.9 Å². The lowest BCUT2D eigenvalue weighted by molar-refractivity contribution is -0.137. The summed E-state index contributed by atoms with van der Waals surface area (Å²) < 4.78 is 11.8. The molecule has 6 nitrogen and oxygen atoms in total. The van der Waals surface area contributed by atoms with Gasteiger partial charge in [-0.2, -0.15) is 0 Å². The summed E-state index contributed by atoms with van der Waals surface area (Å²) in [5.41, 5.74) is 0.0166. The number of rotatable bonds is 5. The van der Waals surface area contributed by atoms with Crippen molar-refractivity contribution in [2.24, 2.45) is 5.92 Å². The van der Waals surface area contributed by atoms with E-state index in [-0.39, 0.29) is 30.1 Å². The lowest BCUT2D eigenvalue weighted by Gasteiger charge is -2.38. The molecular formula is C22H28N2O4. The Labute approximate surface area is 165 Å². The van der Waals surface area contributed by atoms with Crippen molar-refractivity contribution in [3.05, 3.63) is 36.5 Å². The van der Waals surface area contributed by atoms with Crippen molar-refractivity contribution >= 4 is 16.8 Å². The van der Waals surface area contributed by atoms with Crippen LogP contribution in [0, 0.1) is 5.92 Å². The number of nitrogens with zero attached hydrogens (tertiary/aromatic N) is 1. The van der Waals surface area contributed by atoms with E-state index in [1.807, 2.05) is 30.3 Å². The molecule has 6 heteroatoms. The van der Waals surface area contributed by atoms with Crippen molar-refractivity contribution in [3.8, 4) is 5.75 Å². The average molecular weight is 384 g/mol. The van der Waals surface area contributed by atoms with Crippen LogP contribution in [0.4, 0.5) is 0 Å². The largest absolute Gasteiger partial charge is 0.488 e. The number of fused-ring (bicyclic) bond motifs is 1. The van der Waals surface area contributed by atoms with Gasteiger partial charge in [0.2, 0.25) is 5.91 Å². The number of ether oxygens (including phenoxy) is 2. The molecule has 2 fully saturated rings. The van der Waals surface area contributed by atoms with Crippen LogP contribution in [0.5, 0.6) is 5.75 Å². The maximum atomic E-state index is 12.5. The Morgan fingerprint density at radius 3 is 2.75 bits per heavy atom. The van der Waals surface area contributed by atoms with Gasteiger partial charge in [-0.25, -0.2) is 0 Å². The Bertz CT molecular complexity index is 829. The molecule has 1 saturated heterocycles. The second-order valence-electron chi connectivity index (χ2n) is 8.50. The zero-order valence-corrected chi connectivity index (χ0v) is 16.4. The van der Waals surface area contributed by atoms with E-state index >= 15 is 0 Å². The average Bonchev–Trinajstić information content (AvgIpc) is 2.64. The highest BCUT2D eigenvalue weighted by atomic mass is 16.5. The van der Waals surface area contributed by atoms with Gasteiger partial charge in [0.05, 0.1) is 24.4 Å². The Morgan fingerprint density at radius 1 is 1.25 bits per heavy atom. The molecule has 28 heavy (non-hydrogen) atoms. The summed E-state index contributed by atoms with van der Waals surface area (Å²) in [6, 6.07) is 9.86. The van der Waals surface area contributed by atoms with Gasteiger partial charge >= 0.3 is 0 Å². The fourth-order valence-corrected chi connectivity index (χ4v) is 3.97. The highest BCUT2D eigenvalue weighted by molar-refractivity contribution is 5.84. The lowest BCUT2D eigenvalue weighted by atomic mass is 9.81. The minimum absolute atomic E-state index is 0.0139. The van der Waals surface area contributed by atoms with Crippen molar-refractivity contribution < 1.29 is 19.4 Å². The number of pyridine rings is 1. The van der Waals surface area contributed by atoms with Gasteiger partial charge in [-0.3, -0.25) is 9.78 Å². The minimum atomic E-state index is -0.843. The molecule has 2 atom stereocenters. The van der Waals surface area contributed by atoms with Gasteiger partial charge in [0.1, 0.15) is 17.4 Å². The summed E-state index contributed by atoms with van der Waals surface area (Å²) in [7, 11) is 0. The van der Waals surface area contributed by atoms with E-state index in [2.05, 4.69) is 10.3 Å². The molecule has 150 valence electrons. The van der Waals surface area contributed by atoms with Crippen LogP contribution in [-0.2, 0) is 9.53 Å². The van der Waals surface area contributed by atoms with E-state index in [1.54, 1.807) is 20.0 Å². The normalized spacial score (nSPS) is 27.8. The fourth-order valence-electron chi connectivity index (χ4n) is 3.97. The molecular weight excluding hydrogens is 356 g/mol. The molecule has 0 unspecified atom stereocenters. The first-order valence-corrected chi connectivity index (χ1v) is 10.0. The van der Waals surface area contributed by atoms with E-state index in [9.17, 15) is 9.90 Å². The number of hydrogen-bond acceptors (Lipinski definition) is 5. The molecule has 4 rings (SSSR count). The van der Waals surface area contributed by atoms with Crippen molar-refractivity contribution in [2.75, 3.05) is 6.61 Å². The third kappa shape index (κ3) is 4.13. The Morgan fingerprint density at radius 2 is 2.04 bits per heavy atom. The third-order valence-corrected chi connectivity index (χ3v) is 5.77. The summed E-state index contributed by atoms with van der Waals surface area (Å²) in [6.07, 6.45) is 4.65. The van der Waals surface area contributed by atoms with E-state index < -0.39 is 5.60 Å². The molecule has 0 radical (unpaired) electrons. The van der Waals surface area contributed by atoms with Crippen LogP contribution in [0.2, 0.25) is 0 Å². The lowest BCUT2D eigenvalue weighted by Crippen LogP contribution is -2.51. The van der Waals surface area contributed by atoms with Gasteiger partial charge in [-0.1, -0.05) is 18.2 Å². The van der Waals surface area contributed by atoms with Gasteiger partial charge in [-0.05, 0) is 51.7 Å². The van der Waals surface area contributed by atoms with Gasteiger partial charge in [-0.15, -0.1) is 0 Å². The zero-order valence-electron chi connectivity index (χ0n) is 16.4. The number of aliphatic hydroxyl groups is 1. The van der Waals surface area contributed by atoms with Crippen LogP contribution in [0.3, 0.4) is 0 Å². The molecule has 2 N–H and O–H groups in total. The number of amides is 1. The van der Waals surface area contributed by atoms with Crippen LogP contribution in [-0.4, -0.2) is 46.5 Å². The first-order valence-electron chi connectivity index (χ1n) is 10.0. The predicted molar refractivity (Wildman–Crippen MR) is 106 cm³/mol. The van der Waals surface area contributed by atoms with Crippen LogP contribution < -0.4 is 10.1 Å². The predicted octanol–water partition coefficient (Wildman–Crippen LogP) is 2.83. The number of hydrogen-bond donors (Lipinski definition) is 2. The third-order valence-electron chi connectivity index (χ3n) is 5.77. The number of carbonyl (C=O) groups excluding carboxylic acids is 1. The second kappa shape index (κ2) is 7.68. The van der Waals surface area contributed by atoms with Crippen LogP contribution >= 0.6 is 0 Å². The molecule has 1 aliphatic carbocycles. The molecule has 2 aliphatic rings. The standard InChI is InChI=1S/C22H28N2O4/c1-22(2,26)19-9-8-16(13-27-19)24-21(25)15-11-17(12-15)28-18-7-3-5-14-6-4-10-23-20(14)18/h3-7,10,15-17,19,26H,8-9,11-13H2,1-2H3,(H,24,25)/t15-,16-,17-,19+/m0/s1. The molecule has 0 bridgehead atoms. The maximum absolute atomic E-state index is 12.5. The summed E-state index contributed by atoms with van der Waals surface area (Å²) in [5, 5.41) is 14.2.